The van der Waals surface area contributed by atoms with Gasteiger partial charge in [0, 0.05) is 6.42 Å². The van der Waals surface area contributed by atoms with Gasteiger partial charge in [0.2, 0.25) is 0 Å². The zero-order chi connectivity index (χ0) is 14.9. The summed E-state index contributed by atoms with van der Waals surface area (Å²) >= 11 is 0. The Labute approximate surface area is 121 Å². The van der Waals surface area contributed by atoms with Crippen LogP contribution >= 0.6 is 0 Å². The lowest BCUT2D eigenvalue weighted by molar-refractivity contribution is -0.124. The summed E-state index contributed by atoms with van der Waals surface area (Å²) < 4.78 is 13.0. The molecule has 2 aromatic rings. The fourth-order valence-corrected chi connectivity index (χ4v) is 2.53. The monoisotopic (exact) mass is 283 g/mol. The van der Waals surface area contributed by atoms with Gasteiger partial charge in [-0.25, -0.2) is 9.38 Å². The number of carbonyl (C=O) groups excluding carboxylic acids is 1. The van der Waals surface area contributed by atoms with Crippen LogP contribution in [0.25, 0.3) is 0 Å². The van der Waals surface area contributed by atoms with Crippen LogP contribution < -0.4 is 11.1 Å². The fraction of sp³-hybridized carbons (Fsp3) is 0.125. The van der Waals surface area contributed by atoms with Crippen LogP contribution in [0.4, 0.5) is 4.39 Å². The molecule has 0 fully saturated rings. The number of guanidine groups is 1. The molecule has 0 bridgehead atoms. The predicted molar refractivity (Wildman–Crippen MR) is 78.0 cm³/mol. The summed E-state index contributed by atoms with van der Waals surface area (Å²) in [5.41, 5.74) is 6.15. The van der Waals surface area contributed by atoms with Crippen molar-refractivity contribution in [3.8, 4) is 0 Å². The SMILES string of the molecule is NC1=N[C@@](Cc2ccc(F)cc2)(c2ccccc2)C(=O)N1. The fourth-order valence-electron chi connectivity index (χ4n) is 2.53. The molecule has 0 aromatic heterocycles. The number of nitrogens with one attached hydrogen (secondary N) is 1. The standard InChI is InChI=1S/C16H14FN3O/c17-13-8-6-11(7-9-13)10-16(12-4-2-1-3-5-12)14(21)19-15(18)20-16/h1-9H,10H2,(H3,18,19,20,21)/t16-/m0/s1. The first-order valence-electron chi connectivity index (χ1n) is 6.57. The van der Waals surface area contributed by atoms with Crippen LogP contribution in [0.15, 0.2) is 59.6 Å². The summed E-state index contributed by atoms with van der Waals surface area (Å²) in [5.74, 6) is -0.479. The van der Waals surface area contributed by atoms with E-state index in [2.05, 4.69) is 10.3 Å². The average Bonchev–Trinajstić information content (AvgIpc) is 2.77. The number of hydrogen-bond acceptors (Lipinski definition) is 3. The molecule has 1 aliphatic rings. The van der Waals surface area contributed by atoms with E-state index in [9.17, 15) is 9.18 Å². The van der Waals surface area contributed by atoms with Crippen LogP contribution in [-0.2, 0) is 16.8 Å². The number of aliphatic imine (C=N–C) groups is 1. The highest BCUT2D eigenvalue weighted by Crippen LogP contribution is 2.33. The van der Waals surface area contributed by atoms with Gasteiger partial charge in [0.05, 0.1) is 0 Å². The van der Waals surface area contributed by atoms with Gasteiger partial charge in [0.15, 0.2) is 11.5 Å². The zero-order valence-corrected chi connectivity index (χ0v) is 11.2. The first-order valence-corrected chi connectivity index (χ1v) is 6.57. The summed E-state index contributed by atoms with van der Waals surface area (Å²) in [6.45, 7) is 0. The van der Waals surface area contributed by atoms with E-state index in [1.807, 2.05) is 30.3 Å². The Bertz CT molecular complexity index is 697. The van der Waals surface area contributed by atoms with Crippen LogP contribution in [0.5, 0.6) is 0 Å². The molecule has 1 amide bonds. The van der Waals surface area contributed by atoms with Crippen molar-refractivity contribution in [2.75, 3.05) is 0 Å². The summed E-state index contributed by atoms with van der Waals surface area (Å²) in [4.78, 5) is 16.7. The third-order valence-electron chi connectivity index (χ3n) is 3.55. The van der Waals surface area contributed by atoms with E-state index in [0.29, 0.717) is 6.42 Å². The zero-order valence-electron chi connectivity index (χ0n) is 11.2. The molecule has 0 saturated heterocycles. The highest BCUT2D eigenvalue weighted by molar-refractivity contribution is 6.07. The maximum Gasteiger partial charge on any atom is 0.259 e. The molecule has 0 spiro atoms. The smallest absolute Gasteiger partial charge is 0.259 e. The summed E-state index contributed by atoms with van der Waals surface area (Å²) in [6, 6.07) is 15.3. The van der Waals surface area contributed by atoms with Crippen molar-refractivity contribution in [3.05, 3.63) is 71.5 Å². The van der Waals surface area contributed by atoms with Gasteiger partial charge in [0.1, 0.15) is 5.82 Å². The van der Waals surface area contributed by atoms with Gasteiger partial charge >= 0.3 is 0 Å². The van der Waals surface area contributed by atoms with E-state index in [1.165, 1.54) is 12.1 Å². The number of amides is 1. The molecule has 0 radical (unpaired) electrons. The van der Waals surface area contributed by atoms with Crippen LogP contribution in [0, 0.1) is 5.82 Å². The number of carbonyl (C=O) groups is 1. The summed E-state index contributed by atoms with van der Waals surface area (Å²) in [5, 5.41) is 2.55. The van der Waals surface area contributed by atoms with Gasteiger partial charge in [-0.15, -0.1) is 0 Å². The first-order chi connectivity index (χ1) is 10.1. The minimum Gasteiger partial charge on any atom is -0.370 e. The third-order valence-corrected chi connectivity index (χ3v) is 3.55. The lowest BCUT2D eigenvalue weighted by atomic mass is 9.84. The average molecular weight is 283 g/mol. The molecule has 0 saturated carbocycles. The van der Waals surface area contributed by atoms with E-state index in [4.69, 9.17) is 5.73 Å². The molecule has 3 rings (SSSR count). The van der Waals surface area contributed by atoms with E-state index in [1.54, 1.807) is 12.1 Å². The number of nitrogens with zero attached hydrogens (tertiary/aromatic N) is 1. The van der Waals surface area contributed by atoms with E-state index in [0.717, 1.165) is 11.1 Å². The van der Waals surface area contributed by atoms with Crippen molar-refractivity contribution in [2.24, 2.45) is 10.7 Å². The van der Waals surface area contributed by atoms with Crippen molar-refractivity contribution >= 4 is 11.9 Å². The predicted octanol–water partition coefficient (Wildman–Crippen LogP) is 1.71. The van der Waals surface area contributed by atoms with Crippen molar-refractivity contribution < 1.29 is 9.18 Å². The number of hydrogen-bond donors (Lipinski definition) is 2. The molecule has 0 aliphatic carbocycles. The van der Waals surface area contributed by atoms with Crippen LogP contribution in [0.3, 0.4) is 0 Å². The highest BCUT2D eigenvalue weighted by Gasteiger charge is 2.44. The first kappa shape index (κ1) is 13.3. The quantitative estimate of drug-likeness (QED) is 0.900. The topological polar surface area (TPSA) is 67.5 Å². The highest BCUT2D eigenvalue weighted by atomic mass is 19.1. The summed E-state index contributed by atoms with van der Waals surface area (Å²) in [6.07, 6.45) is 0.323. The van der Waals surface area contributed by atoms with Crippen LogP contribution in [0.1, 0.15) is 11.1 Å². The Morgan fingerprint density at radius 2 is 1.76 bits per heavy atom. The van der Waals surface area contributed by atoms with Crippen molar-refractivity contribution in [1.82, 2.24) is 5.32 Å². The second-order valence-electron chi connectivity index (χ2n) is 4.98. The normalized spacial score (nSPS) is 21.0. The number of nitrogens with two attached hydrogens (primary N) is 1. The van der Waals surface area contributed by atoms with Crippen LogP contribution in [0.2, 0.25) is 0 Å². The molecule has 2 aromatic carbocycles. The van der Waals surface area contributed by atoms with Gasteiger partial charge in [-0.05, 0) is 23.3 Å². The van der Waals surface area contributed by atoms with Gasteiger partial charge in [-0.2, -0.15) is 0 Å². The molecule has 3 N–H and O–H groups in total. The molecule has 4 nitrogen and oxygen atoms in total. The number of benzene rings is 2. The molecule has 106 valence electrons. The minimum atomic E-state index is -1.09. The second kappa shape index (κ2) is 5.01. The largest absolute Gasteiger partial charge is 0.370 e. The Morgan fingerprint density at radius 1 is 1.10 bits per heavy atom. The molecule has 1 heterocycles. The van der Waals surface area contributed by atoms with E-state index >= 15 is 0 Å². The van der Waals surface area contributed by atoms with Gasteiger partial charge in [-0.3, -0.25) is 10.1 Å². The number of halogens is 1. The Kier molecular flexibility index (Phi) is 3.17. The molecule has 5 heteroatoms. The Morgan fingerprint density at radius 3 is 2.33 bits per heavy atom. The molecule has 21 heavy (non-hydrogen) atoms. The minimum absolute atomic E-state index is 0.103. The number of rotatable bonds is 3. The Hall–Kier alpha value is -2.69. The van der Waals surface area contributed by atoms with E-state index in [-0.39, 0.29) is 17.7 Å². The molecule has 1 aliphatic heterocycles. The summed E-state index contributed by atoms with van der Waals surface area (Å²) in [7, 11) is 0. The maximum atomic E-state index is 13.0. The van der Waals surface area contributed by atoms with Crippen molar-refractivity contribution in [2.45, 2.75) is 12.0 Å². The van der Waals surface area contributed by atoms with Gasteiger partial charge < -0.3 is 5.73 Å². The lowest BCUT2D eigenvalue weighted by Crippen LogP contribution is -2.40. The van der Waals surface area contributed by atoms with Crippen molar-refractivity contribution in [1.29, 1.82) is 0 Å². The van der Waals surface area contributed by atoms with Crippen LogP contribution in [-0.4, -0.2) is 11.9 Å². The van der Waals surface area contributed by atoms with Gasteiger partial charge in [-0.1, -0.05) is 42.5 Å². The molecule has 1 atom stereocenters. The van der Waals surface area contributed by atoms with Gasteiger partial charge in [0.25, 0.3) is 5.91 Å². The van der Waals surface area contributed by atoms with Crippen molar-refractivity contribution in [3.63, 3.8) is 0 Å². The molecule has 0 unspecified atom stereocenters. The third kappa shape index (κ3) is 2.38. The second-order valence-corrected chi connectivity index (χ2v) is 4.98. The lowest BCUT2D eigenvalue weighted by Gasteiger charge is -2.24. The maximum absolute atomic E-state index is 13.0. The Balaban J connectivity index is 2.06. The molecular formula is C16H14FN3O. The van der Waals surface area contributed by atoms with E-state index < -0.39 is 5.54 Å². The molecular weight excluding hydrogens is 269 g/mol.